The molecule has 7 heteroatoms. The molecule has 59 heavy (non-hydrogen) atoms. The number of fused-ring (bicyclic) bond motifs is 6. The molecule has 1 aliphatic rings. The molecule has 3 heterocycles. The van der Waals surface area contributed by atoms with E-state index in [0.717, 1.165) is 77.6 Å². The van der Waals surface area contributed by atoms with Crippen LogP contribution in [0.15, 0.2) is 188 Å². The van der Waals surface area contributed by atoms with Gasteiger partial charge in [0.1, 0.15) is 11.6 Å². The van der Waals surface area contributed by atoms with Crippen molar-refractivity contribution >= 4 is 55.3 Å². The summed E-state index contributed by atoms with van der Waals surface area (Å²) >= 11 is 0. The number of aromatic nitrogens is 2. The van der Waals surface area contributed by atoms with E-state index in [0.29, 0.717) is 17.3 Å². The van der Waals surface area contributed by atoms with Crippen molar-refractivity contribution in [3.05, 3.63) is 213 Å². The van der Waals surface area contributed by atoms with Crippen LogP contribution >= 0.6 is 0 Å². The van der Waals surface area contributed by atoms with Gasteiger partial charge < -0.3 is 19.1 Å². The average Bonchev–Trinajstić information content (AvgIpc) is 3.83. The maximum atomic E-state index is 14.5. The minimum absolute atomic E-state index is 0. The molecule has 8 aromatic carbocycles. The van der Waals surface area contributed by atoms with Crippen molar-refractivity contribution in [3.63, 3.8) is 0 Å². The summed E-state index contributed by atoms with van der Waals surface area (Å²) < 4.78 is 22.9. The van der Waals surface area contributed by atoms with Crippen LogP contribution < -0.4 is 14.5 Å². The molecule has 0 atom stereocenters. The van der Waals surface area contributed by atoms with Crippen LogP contribution in [-0.4, -0.2) is 9.55 Å². The summed E-state index contributed by atoms with van der Waals surface area (Å²) in [5.41, 5.74) is 10.1. The van der Waals surface area contributed by atoms with Gasteiger partial charge in [0.05, 0.1) is 0 Å². The molecule has 5 nitrogen and oxygen atoms in total. The molecule has 0 N–H and O–H groups in total. The fraction of sp³-hybridized carbons (Fsp3) is 0. The molecule has 11 rings (SSSR count). The van der Waals surface area contributed by atoms with E-state index in [1.807, 2.05) is 53.1 Å². The summed E-state index contributed by atoms with van der Waals surface area (Å²) in [4.78, 5) is 9.03. The largest absolute Gasteiger partial charge is 0.509 e. The molecule has 0 aliphatic carbocycles. The maximum Gasteiger partial charge on any atom is 0.138 e. The standard InChI is InChI=1S/C52H32FN4O.Pt/c53-38-29-30-54-50(31-38)57-47-24-10-9-21-45(47)46-27-26-41(33-49(46)57)58-40-19-11-18-39(32-40)55-34-56(52-44-20-8-7-17-37(44)25-28-48(52)55)51-42(35-13-3-1-4-14-35)22-12-23-43(51)36-15-5-2-6-16-36;/h1-31,34H;/q-3;. The topological polar surface area (TPSA) is 33.5 Å². The Bertz CT molecular complexity index is 3110. The minimum atomic E-state index is -0.360. The van der Waals surface area contributed by atoms with Gasteiger partial charge in [0.15, 0.2) is 0 Å². The van der Waals surface area contributed by atoms with Crippen molar-refractivity contribution in [2.24, 2.45) is 0 Å². The Balaban J connectivity index is 0.00000420. The second-order valence-corrected chi connectivity index (χ2v) is 14.2. The van der Waals surface area contributed by atoms with E-state index in [-0.39, 0.29) is 26.9 Å². The van der Waals surface area contributed by atoms with Crippen molar-refractivity contribution in [3.8, 4) is 39.6 Å². The van der Waals surface area contributed by atoms with Gasteiger partial charge in [-0.25, -0.2) is 9.37 Å². The second kappa shape index (κ2) is 15.1. The van der Waals surface area contributed by atoms with Gasteiger partial charge >= 0.3 is 0 Å². The molecule has 0 unspecified atom stereocenters. The first kappa shape index (κ1) is 36.3. The third-order valence-electron chi connectivity index (χ3n) is 10.8. The van der Waals surface area contributed by atoms with Gasteiger partial charge in [0.25, 0.3) is 0 Å². The Kier molecular flexibility index (Phi) is 9.27. The summed E-state index contributed by atoms with van der Waals surface area (Å²) in [7, 11) is 0. The number of benzene rings is 8. The molecule has 2 aromatic heterocycles. The molecule has 0 spiro atoms. The third-order valence-corrected chi connectivity index (χ3v) is 10.8. The molecular weight excluding hydrogens is 911 g/mol. The molecule has 0 saturated carbocycles. The molecule has 0 saturated heterocycles. The predicted octanol–water partition coefficient (Wildman–Crippen LogP) is 13.6. The van der Waals surface area contributed by atoms with Crippen molar-refractivity contribution in [1.29, 1.82) is 0 Å². The van der Waals surface area contributed by atoms with Crippen LogP contribution in [0, 0.1) is 24.6 Å². The number of hydrogen-bond acceptors (Lipinski definition) is 4. The van der Waals surface area contributed by atoms with Crippen molar-refractivity contribution in [1.82, 2.24) is 9.55 Å². The molecular formula is C52H32FN4OPt-3. The van der Waals surface area contributed by atoms with Crippen LogP contribution in [0.25, 0.3) is 60.6 Å². The molecule has 0 radical (unpaired) electrons. The monoisotopic (exact) mass is 942 g/mol. The predicted molar refractivity (Wildman–Crippen MR) is 233 cm³/mol. The second-order valence-electron chi connectivity index (χ2n) is 14.2. The van der Waals surface area contributed by atoms with Crippen molar-refractivity contribution in [2.45, 2.75) is 0 Å². The van der Waals surface area contributed by atoms with Gasteiger partial charge in [0, 0.05) is 83.9 Å². The van der Waals surface area contributed by atoms with Gasteiger partial charge in [0.2, 0.25) is 0 Å². The summed E-state index contributed by atoms with van der Waals surface area (Å²) in [5, 5.41) is 4.27. The van der Waals surface area contributed by atoms with E-state index < -0.39 is 0 Å². The van der Waals surface area contributed by atoms with Crippen LogP contribution in [0.1, 0.15) is 0 Å². The van der Waals surface area contributed by atoms with Gasteiger partial charge in [-0.3, -0.25) is 0 Å². The minimum Gasteiger partial charge on any atom is -0.509 e. The number of para-hydroxylation sites is 2. The molecule has 1 aliphatic heterocycles. The number of pyridine rings is 1. The number of ether oxygens (including phenoxy) is 1. The van der Waals surface area contributed by atoms with E-state index in [1.54, 1.807) is 0 Å². The van der Waals surface area contributed by atoms with Gasteiger partial charge in [-0.15, -0.1) is 48.1 Å². The van der Waals surface area contributed by atoms with Crippen LogP contribution in [0.3, 0.4) is 0 Å². The summed E-state index contributed by atoms with van der Waals surface area (Å²) in [6.07, 6.45) is 1.48. The first-order valence-corrected chi connectivity index (χ1v) is 19.1. The van der Waals surface area contributed by atoms with Crippen molar-refractivity contribution < 1.29 is 30.2 Å². The smallest absolute Gasteiger partial charge is 0.138 e. The SMILES string of the molecule is Fc1ccnc(-n2c3[c-]c(Oc4[c-]c(N5[CH-]N(c6c(-c7ccccc7)cccc6-c6ccccc6)c6c5ccc5ccccc65)ccc4)ccc3c3ccccc32)c1.[Pt]. The average molecular weight is 943 g/mol. The number of anilines is 4. The maximum absolute atomic E-state index is 14.5. The van der Waals surface area contributed by atoms with E-state index in [9.17, 15) is 4.39 Å². The zero-order chi connectivity index (χ0) is 38.6. The van der Waals surface area contributed by atoms with Crippen LogP contribution in [-0.2, 0) is 21.1 Å². The number of rotatable bonds is 7. The van der Waals surface area contributed by atoms with Crippen LogP contribution in [0.5, 0.6) is 11.5 Å². The Morgan fingerprint density at radius 1 is 0.542 bits per heavy atom. The summed E-state index contributed by atoms with van der Waals surface area (Å²) in [6.45, 7) is 2.17. The first-order valence-electron chi connectivity index (χ1n) is 19.1. The normalized spacial score (nSPS) is 12.2. The number of halogens is 1. The fourth-order valence-corrected chi connectivity index (χ4v) is 8.23. The summed E-state index contributed by atoms with van der Waals surface area (Å²) in [6, 6.07) is 68.3. The van der Waals surface area contributed by atoms with E-state index in [1.165, 1.54) is 18.3 Å². The van der Waals surface area contributed by atoms with E-state index in [2.05, 4.69) is 155 Å². The van der Waals surface area contributed by atoms with Crippen molar-refractivity contribution in [2.75, 3.05) is 9.80 Å². The molecule has 0 amide bonds. The Hall–Kier alpha value is -7.01. The molecule has 286 valence electrons. The van der Waals surface area contributed by atoms with Crippen LogP contribution in [0.4, 0.5) is 27.1 Å². The molecule has 0 bridgehead atoms. The van der Waals surface area contributed by atoms with Crippen LogP contribution in [0.2, 0.25) is 0 Å². The molecule has 10 aromatic rings. The number of nitrogens with zero attached hydrogens (tertiary/aromatic N) is 4. The fourth-order valence-electron chi connectivity index (χ4n) is 8.23. The summed E-state index contributed by atoms with van der Waals surface area (Å²) in [5.74, 6) is 1.15. The Morgan fingerprint density at radius 3 is 1.98 bits per heavy atom. The van der Waals surface area contributed by atoms with Gasteiger partial charge in [-0.2, -0.15) is 12.1 Å². The third kappa shape index (κ3) is 6.33. The first-order chi connectivity index (χ1) is 28.7. The molecule has 0 fully saturated rings. The van der Waals surface area contributed by atoms with Gasteiger partial charge in [-0.05, 0) is 40.1 Å². The quantitative estimate of drug-likeness (QED) is 0.149. The Morgan fingerprint density at radius 2 is 1.22 bits per heavy atom. The number of hydrogen-bond donors (Lipinski definition) is 0. The zero-order valence-corrected chi connectivity index (χ0v) is 33.6. The van der Waals surface area contributed by atoms with E-state index in [4.69, 9.17) is 4.74 Å². The van der Waals surface area contributed by atoms with E-state index >= 15 is 0 Å². The van der Waals surface area contributed by atoms with Gasteiger partial charge in [-0.1, -0.05) is 133 Å². The zero-order valence-electron chi connectivity index (χ0n) is 31.4. The Labute approximate surface area is 355 Å².